The molecule has 4 heteroatoms. The van der Waals surface area contributed by atoms with Crippen LogP contribution in [0.3, 0.4) is 0 Å². The van der Waals surface area contributed by atoms with Crippen molar-refractivity contribution in [2.75, 3.05) is 13.2 Å². The van der Waals surface area contributed by atoms with Gasteiger partial charge in [-0.1, -0.05) is 19.1 Å². The first-order chi connectivity index (χ1) is 10.2. The maximum Gasteiger partial charge on any atom is 0.258 e. The second-order valence-corrected chi connectivity index (χ2v) is 5.69. The summed E-state index contributed by atoms with van der Waals surface area (Å²) in [5.74, 6) is 2.03. The Bertz CT molecular complexity index is 453. The SMILES string of the molecule is CCOc1ccccc1OCC(=O)NC1CCC(C)CC1. The number of hydrogen-bond donors (Lipinski definition) is 1. The van der Waals surface area contributed by atoms with Crippen LogP contribution < -0.4 is 14.8 Å². The summed E-state index contributed by atoms with van der Waals surface area (Å²) in [6.45, 7) is 4.81. The van der Waals surface area contributed by atoms with Crippen LogP contribution in [0.5, 0.6) is 11.5 Å². The average molecular weight is 291 g/mol. The van der Waals surface area contributed by atoms with Crippen molar-refractivity contribution in [3.05, 3.63) is 24.3 Å². The molecule has 1 N–H and O–H groups in total. The normalized spacial score (nSPS) is 21.6. The van der Waals surface area contributed by atoms with E-state index in [1.165, 1.54) is 12.8 Å². The number of carbonyl (C=O) groups excluding carboxylic acids is 1. The third-order valence-electron chi connectivity index (χ3n) is 3.89. The number of rotatable bonds is 6. The maximum atomic E-state index is 12.0. The van der Waals surface area contributed by atoms with Crippen molar-refractivity contribution in [3.8, 4) is 11.5 Å². The average Bonchev–Trinajstić information content (AvgIpc) is 2.49. The topological polar surface area (TPSA) is 47.6 Å². The van der Waals surface area contributed by atoms with Crippen LogP contribution in [0.15, 0.2) is 24.3 Å². The van der Waals surface area contributed by atoms with Gasteiger partial charge in [0.25, 0.3) is 5.91 Å². The molecule has 1 amide bonds. The molecular weight excluding hydrogens is 266 g/mol. The van der Waals surface area contributed by atoms with Crippen LogP contribution in [-0.4, -0.2) is 25.2 Å². The molecule has 0 heterocycles. The zero-order chi connectivity index (χ0) is 15.1. The van der Waals surface area contributed by atoms with Gasteiger partial charge in [-0.2, -0.15) is 0 Å². The van der Waals surface area contributed by atoms with Crippen molar-refractivity contribution < 1.29 is 14.3 Å². The van der Waals surface area contributed by atoms with Crippen LogP contribution in [0.1, 0.15) is 39.5 Å². The molecule has 0 saturated heterocycles. The summed E-state index contributed by atoms with van der Waals surface area (Å²) >= 11 is 0. The molecule has 0 aromatic heterocycles. The highest BCUT2D eigenvalue weighted by Gasteiger charge is 2.19. The molecule has 116 valence electrons. The lowest BCUT2D eigenvalue weighted by molar-refractivity contribution is -0.124. The Morgan fingerprint density at radius 2 is 1.76 bits per heavy atom. The van der Waals surface area contributed by atoms with Crippen molar-refractivity contribution in [2.24, 2.45) is 5.92 Å². The fourth-order valence-electron chi connectivity index (χ4n) is 2.66. The molecule has 1 aromatic rings. The van der Waals surface area contributed by atoms with Gasteiger partial charge in [0.15, 0.2) is 18.1 Å². The maximum absolute atomic E-state index is 12.0. The Balaban J connectivity index is 1.78. The van der Waals surface area contributed by atoms with Crippen molar-refractivity contribution >= 4 is 5.91 Å². The molecule has 1 fully saturated rings. The predicted octanol–water partition coefficient (Wildman–Crippen LogP) is 3.16. The summed E-state index contributed by atoms with van der Waals surface area (Å²) in [5, 5.41) is 3.06. The van der Waals surface area contributed by atoms with Crippen LogP contribution in [0.25, 0.3) is 0 Å². The van der Waals surface area contributed by atoms with Gasteiger partial charge >= 0.3 is 0 Å². The molecule has 0 aliphatic heterocycles. The second kappa shape index (κ2) is 7.91. The van der Waals surface area contributed by atoms with Crippen LogP contribution in [0, 0.1) is 5.92 Å². The van der Waals surface area contributed by atoms with E-state index >= 15 is 0 Å². The third kappa shape index (κ3) is 4.96. The van der Waals surface area contributed by atoms with Crippen LogP contribution >= 0.6 is 0 Å². The number of nitrogens with one attached hydrogen (secondary N) is 1. The first-order valence-corrected chi connectivity index (χ1v) is 7.83. The van der Waals surface area contributed by atoms with E-state index in [-0.39, 0.29) is 12.5 Å². The molecule has 4 nitrogen and oxygen atoms in total. The molecule has 0 atom stereocenters. The summed E-state index contributed by atoms with van der Waals surface area (Å²) in [5.41, 5.74) is 0. The van der Waals surface area contributed by atoms with Gasteiger partial charge in [-0.3, -0.25) is 4.79 Å². The second-order valence-electron chi connectivity index (χ2n) is 5.69. The Morgan fingerprint density at radius 1 is 1.14 bits per heavy atom. The van der Waals surface area contributed by atoms with Gasteiger partial charge in [-0.25, -0.2) is 0 Å². The fraction of sp³-hybridized carbons (Fsp3) is 0.588. The number of hydrogen-bond acceptors (Lipinski definition) is 3. The summed E-state index contributed by atoms with van der Waals surface area (Å²) < 4.78 is 11.1. The smallest absolute Gasteiger partial charge is 0.258 e. The highest BCUT2D eigenvalue weighted by molar-refractivity contribution is 5.77. The molecule has 1 aliphatic rings. The Labute approximate surface area is 126 Å². The molecular formula is C17H25NO3. The van der Waals surface area contributed by atoms with Crippen LogP contribution in [-0.2, 0) is 4.79 Å². The zero-order valence-corrected chi connectivity index (χ0v) is 12.9. The highest BCUT2D eigenvalue weighted by Crippen LogP contribution is 2.26. The standard InChI is InChI=1S/C17H25NO3/c1-3-20-15-6-4-5-7-16(15)21-12-17(19)18-14-10-8-13(2)9-11-14/h4-7,13-14H,3,8-12H2,1-2H3,(H,18,19). The molecule has 0 unspecified atom stereocenters. The minimum Gasteiger partial charge on any atom is -0.490 e. The van der Waals surface area contributed by atoms with E-state index < -0.39 is 0 Å². The van der Waals surface area contributed by atoms with E-state index in [0.717, 1.165) is 18.8 Å². The van der Waals surface area contributed by atoms with E-state index in [1.807, 2.05) is 31.2 Å². The Hall–Kier alpha value is -1.71. The minimum absolute atomic E-state index is 0.0378. The molecule has 0 bridgehead atoms. The van der Waals surface area contributed by atoms with Crippen molar-refractivity contribution in [1.82, 2.24) is 5.32 Å². The van der Waals surface area contributed by atoms with E-state index in [0.29, 0.717) is 24.1 Å². The van der Waals surface area contributed by atoms with Gasteiger partial charge in [0.2, 0.25) is 0 Å². The molecule has 21 heavy (non-hydrogen) atoms. The quantitative estimate of drug-likeness (QED) is 0.876. The van der Waals surface area contributed by atoms with Gasteiger partial charge in [0.05, 0.1) is 6.61 Å². The van der Waals surface area contributed by atoms with E-state index in [2.05, 4.69) is 12.2 Å². The Morgan fingerprint density at radius 3 is 2.38 bits per heavy atom. The number of amides is 1. The van der Waals surface area contributed by atoms with Crippen LogP contribution in [0.4, 0.5) is 0 Å². The first-order valence-electron chi connectivity index (χ1n) is 7.83. The number of benzene rings is 1. The Kier molecular flexibility index (Phi) is 5.90. The molecule has 1 aromatic carbocycles. The highest BCUT2D eigenvalue weighted by atomic mass is 16.5. The van der Waals surface area contributed by atoms with E-state index in [4.69, 9.17) is 9.47 Å². The molecule has 0 spiro atoms. The fourth-order valence-corrected chi connectivity index (χ4v) is 2.66. The number of ether oxygens (including phenoxy) is 2. The number of para-hydroxylation sites is 2. The van der Waals surface area contributed by atoms with E-state index in [9.17, 15) is 4.79 Å². The summed E-state index contributed by atoms with van der Waals surface area (Å²) in [7, 11) is 0. The van der Waals surface area contributed by atoms with E-state index in [1.54, 1.807) is 0 Å². The van der Waals surface area contributed by atoms with Gasteiger partial charge in [0.1, 0.15) is 0 Å². The third-order valence-corrected chi connectivity index (χ3v) is 3.89. The lowest BCUT2D eigenvalue weighted by Crippen LogP contribution is -2.39. The summed E-state index contributed by atoms with van der Waals surface area (Å²) in [6, 6.07) is 7.73. The summed E-state index contributed by atoms with van der Waals surface area (Å²) in [4.78, 5) is 12.0. The van der Waals surface area contributed by atoms with Crippen molar-refractivity contribution in [3.63, 3.8) is 0 Å². The van der Waals surface area contributed by atoms with Crippen molar-refractivity contribution in [1.29, 1.82) is 0 Å². The molecule has 0 radical (unpaired) electrons. The van der Waals surface area contributed by atoms with Gasteiger partial charge < -0.3 is 14.8 Å². The van der Waals surface area contributed by atoms with Gasteiger partial charge in [-0.15, -0.1) is 0 Å². The monoisotopic (exact) mass is 291 g/mol. The van der Waals surface area contributed by atoms with Gasteiger partial charge in [0, 0.05) is 6.04 Å². The lowest BCUT2D eigenvalue weighted by Gasteiger charge is -2.26. The van der Waals surface area contributed by atoms with Crippen molar-refractivity contribution in [2.45, 2.75) is 45.6 Å². The first kappa shape index (κ1) is 15.7. The molecule has 1 aliphatic carbocycles. The largest absolute Gasteiger partial charge is 0.490 e. The molecule has 2 rings (SSSR count). The lowest BCUT2D eigenvalue weighted by atomic mass is 9.87. The molecule has 1 saturated carbocycles. The number of carbonyl (C=O) groups is 1. The van der Waals surface area contributed by atoms with Gasteiger partial charge in [-0.05, 0) is 50.7 Å². The summed E-state index contributed by atoms with van der Waals surface area (Å²) in [6.07, 6.45) is 4.53. The van der Waals surface area contributed by atoms with Crippen LogP contribution in [0.2, 0.25) is 0 Å². The zero-order valence-electron chi connectivity index (χ0n) is 12.9. The minimum atomic E-state index is -0.0548. The predicted molar refractivity (Wildman–Crippen MR) is 82.7 cm³/mol.